The molecule has 0 aliphatic heterocycles. The summed E-state index contributed by atoms with van der Waals surface area (Å²) in [6, 6.07) is 7.21. The fourth-order valence-corrected chi connectivity index (χ4v) is 3.93. The van der Waals surface area contributed by atoms with Crippen LogP contribution in [0.25, 0.3) is 0 Å². The Labute approximate surface area is 139 Å². The van der Waals surface area contributed by atoms with Gasteiger partial charge in [-0.2, -0.15) is 0 Å². The molecule has 1 unspecified atom stereocenters. The van der Waals surface area contributed by atoms with E-state index in [1.54, 1.807) is 17.4 Å². The molecule has 0 aliphatic carbocycles. The molecule has 1 aromatic carbocycles. The topological polar surface area (TPSA) is 12.0 Å². The van der Waals surface area contributed by atoms with Gasteiger partial charge in [0, 0.05) is 37.2 Å². The summed E-state index contributed by atoms with van der Waals surface area (Å²) in [5.74, 6) is -0.155. The Kier molecular flexibility index (Phi) is 6.20. The highest BCUT2D eigenvalue weighted by molar-refractivity contribution is 9.10. The van der Waals surface area contributed by atoms with E-state index in [0.29, 0.717) is 0 Å². The first kappa shape index (κ1) is 16.1. The number of thiophene rings is 1. The number of nitrogens with one attached hydrogen (secondary N) is 1. The van der Waals surface area contributed by atoms with Gasteiger partial charge in [-0.25, -0.2) is 4.39 Å². The summed E-state index contributed by atoms with van der Waals surface area (Å²) in [4.78, 5) is 1.24. The molecule has 0 aliphatic rings. The van der Waals surface area contributed by atoms with Crippen LogP contribution in [0.3, 0.4) is 0 Å². The second-order valence-corrected chi connectivity index (χ2v) is 7.44. The van der Waals surface area contributed by atoms with Gasteiger partial charge >= 0.3 is 0 Å². The fraction of sp³-hybridized carbons (Fsp3) is 0.333. The Morgan fingerprint density at radius 1 is 1.25 bits per heavy atom. The van der Waals surface area contributed by atoms with E-state index < -0.39 is 0 Å². The molecule has 2 rings (SSSR count). The molecule has 0 spiro atoms. The molecular formula is C15H16Br2FNS. The molecule has 0 radical (unpaired) electrons. The molecule has 1 heterocycles. The SMILES string of the molecule is CCCNC(Cc1cc(Br)cs1)c1cc(Br)ccc1F. The van der Waals surface area contributed by atoms with Gasteiger partial charge in [-0.1, -0.05) is 22.9 Å². The monoisotopic (exact) mass is 419 g/mol. The number of halogens is 3. The molecule has 20 heavy (non-hydrogen) atoms. The first-order valence-corrected chi connectivity index (χ1v) is 8.98. The van der Waals surface area contributed by atoms with Gasteiger partial charge in [0.25, 0.3) is 0 Å². The maximum absolute atomic E-state index is 14.1. The van der Waals surface area contributed by atoms with Crippen molar-refractivity contribution in [1.29, 1.82) is 0 Å². The molecule has 1 nitrogen and oxygen atoms in total. The van der Waals surface area contributed by atoms with Crippen molar-refractivity contribution in [1.82, 2.24) is 5.32 Å². The largest absolute Gasteiger partial charge is 0.310 e. The van der Waals surface area contributed by atoms with Crippen LogP contribution in [0.15, 0.2) is 38.6 Å². The summed E-state index contributed by atoms with van der Waals surface area (Å²) in [6.45, 7) is 2.99. The van der Waals surface area contributed by atoms with Gasteiger partial charge in [-0.15, -0.1) is 11.3 Å². The number of benzene rings is 1. The van der Waals surface area contributed by atoms with Crippen molar-refractivity contribution in [2.75, 3.05) is 6.54 Å². The second kappa shape index (κ2) is 7.69. The van der Waals surface area contributed by atoms with Gasteiger partial charge in [0.15, 0.2) is 0 Å². The average Bonchev–Trinajstić information content (AvgIpc) is 2.83. The first-order valence-electron chi connectivity index (χ1n) is 6.51. The highest BCUT2D eigenvalue weighted by Crippen LogP contribution is 2.28. The minimum Gasteiger partial charge on any atom is -0.310 e. The molecule has 2 aromatic rings. The Hall–Kier alpha value is -0.230. The number of hydrogen-bond acceptors (Lipinski definition) is 2. The van der Waals surface area contributed by atoms with Crippen molar-refractivity contribution in [2.45, 2.75) is 25.8 Å². The van der Waals surface area contributed by atoms with Crippen LogP contribution < -0.4 is 5.32 Å². The Balaban J connectivity index is 2.24. The quantitative estimate of drug-likeness (QED) is 0.632. The molecule has 0 bridgehead atoms. The van der Waals surface area contributed by atoms with E-state index in [0.717, 1.165) is 33.9 Å². The molecule has 1 aromatic heterocycles. The lowest BCUT2D eigenvalue weighted by molar-refractivity contribution is 0.499. The van der Waals surface area contributed by atoms with Gasteiger partial charge in [0.1, 0.15) is 5.82 Å². The zero-order valence-corrected chi connectivity index (χ0v) is 15.1. The van der Waals surface area contributed by atoms with Gasteiger partial charge in [0.05, 0.1) is 0 Å². The third-order valence-corrected chi connectivity index (χ3v) is 5.21. The van der Waals surface area contributed by atoms with Crippen molar-refractivity contribution < 1.29 is 4.39 Å². The summed E-state index contributed by atoms with van der Waals surface area (Å²) < 4.78 is 16.1. The lowest BCUT2D eigenvalue weighted by atomic mass is 10.0. The van der Waals surface area contributed by atoms with Crippen molar-refractivity contribution in [2.24, 2.45) is 0 Å². The van der Waals surface area contributed by atoms with Crippen molar-refractivity contribution >= 4 is 43.2 Å². The third kappa shape index (κ3) is 4.38. The summed E-state index contributed by atoms with van der Waals surface area (Å²) in [5.41, 5.74) is 0.720. The smallest absolute Gasteiger partial charge is 0.128 e. The number of rotatable bonds is 6. The predicted octanol–water partition coefficient (Wildman–Crippen LogP) is 5.70. The van der Waals surface area contributed by atoms with E-state index >= 15 is 0 Å². The molecule has 0 saturated heterocycles. The van der Waals surface area contributed by atoms with Crippen molar-refractivity contribution in [3.8, 4) is 0 Å². The number of hydrogen-bond donors (Lipinski definition) is 1. The predicted molar refractivity (Wildman–Crippen MR) is 90.9 cm³/mol. The molecule has 0 fully saturated rings. The second-order valence-electron chi connectivity index (χ2n) is 4.61. The highest BCUT2D eigenvalue weighted by atomic mass is 79.9. The van der Waals surface area contributed by atoms with E-state index in [1.165, 1.54) is 10.9 Å². The lowest BCUT2D eigenvalue weighted by Gasteiger charge is -2.19. The Bertz CT molecular complexity index is 571. The van der Waals surface area contributed by atoms with Gasteiger partial charge in [0.2, 0.25) is 0 Å². The van der Waals surface area contributed by atoms with Gasteiger partial charge in [-0.3, -0.25) is 0 Å². The minimum absolute atomic E-state index is 0.00185. The minimum atomic E-state index is -0.155. The van der Waals surface area contributed by atoms with E-state index in [1.807, 2.05) is 6.07 Å². The first-order chi connectivity index (χ1) is 9.60. The maximum Gasteiger partial charge on any atom is 0.128 e. The van der Waals surface area contributed by atoms with Crippen LogP contribution in [0, 0.1) is 5.82 Å². The Morgan fingerprint density at radius 2 is 2.05 bits per heavy atom. The van der Waals surface area contributed by atoms with E-state index in [2.05, 4.69) is 55.5 Å². The molecule has 108 valence electrons. The summed E-state index contributed by atoms with van der Waals surface area (Å²) in [7, 11) is 0. The molecule has 5 heteroatoms. The zero-order chi connectivity index (χ0) is 14.5. The van der Waals surface area contributed by atoms with Crippen LogP contribution in [0.4, 0.5) is 4.39 Å². The fourth-order valence-electron chi connectivity index (χ4n) is 2.05. The van der Waals surface area contributed by atoms with Crippen LogP contribution in [0.1, 0.15) is 29.8 Å². The van der Waals surface area contributed by atoms with E-state index in [-0.39, 0.29) is 11.9 Å². The molecule has 1 N–H and O–H groups in total. The van der Waals surface area contributed by atoms with E-state index in [4.69, 9.17) is 0 Å². The van der Waals surface area contributed by atoms with Crippen LogP contribution in [0.5, 0.6) is 0 Å². The maximum atomic E-state index is 14.1. The van der Waals surface area contributed by atoms with Gasteiger partial charge < -0.3 is 5.32 Å². The normalized spacial score (nSPS) is 12.6. The molecule has 0 amide bonds. The summed E-state index contributed by atoms with van der Waals surface area (Å²) in [5, 5.41) is 5.50. The summed E-state index contributed by atoms with van der Waals surface area (Å²) in [6.07, 6.45) is 1.82. The van der Waals surface area contributed by atoms with Gasteiger partial charge in [-0.05, 0) is 53.2 Å². The average molecular weight is 421 g/mol. The lowest BCUT2D eigenvalue weighted by Crippen LogP contribution is -2.24. The molecular weight excluding hydrogens is 405 g/mol. The zero-order valence-electron chi connectivity index (χ0n) is 11.1. The Morgan fingerprint density at radius 3 is 2.70 bits per heavy atom. The third-order valence-electron chi connectivity index (χ3n) is 3.00. The van der Waals surface area contributed by atoms with Crippen LogP contribution in [-0.4, -0.2) is 6.54 Å². The van der Waals surface area contributed by atoms with Crippen molar-refractivity contribution in [3.05, 3.63) is 54.8 Å². The van der Waals surface area contributed by atoms with Crippen LogP contribution >= 0.6 is 43.2 Å². The molecule has 1 atom stereocenters. The summed E-state index contributed by atoms with van der Waals surface area (Å²) >= 11 is 8.58. The standard InChI is InChI=1S/C15H16Br2FNS/c1-2-5-19-15(8-12-6-11(17)9-20-12)13-7-10(16)3-4-14(13)18/h3-4,6-7,9,15,19H,2,5,8H2,1H3. The van der Waals surface area contributed by atoms with Crippen molar-refractivity contribution in [3.63, 3.8) is 0 Å². The highest BCUT2D eigenvalue weighted by Gasteiger charge is 2.17. The molecule has 0 saturated carbocycles. The van der Waals surface area contributed by atoms with E-state index in [9.17, 15) is 4.39 Å². The van der Waals surface area contributed by atoms with Crippen LogP contribution in [-0.2, 0) is 6.42 Å². The van der Waals surface area contributed by atoms with Crippen LogP contribution in [0.2, 0.25) is 0 Å².